The average molecular weight is 244 g/mol. The summed E-state index contributed by atoms with van der Waals surface area (Å²) in [4.78, 5) is 15.5. The van der Waals surface area contributed by atoms with Gasteiger partial charge in [0.15, 0.2) is 0 Å². The van der Waals surface area contributed by atoms with Crippen molar-refractivity contribution in [2.75, 3.05) is 0 Å². The lowest BCUT2D eigenvalue weighted by molar-refractivity contribution is -0.254. The van der Waals surface area contributed by atoms with Gasteiger partial charge < -0.3 is 15.0 Å². The molecule has 1 aromatic heterocycles. The maximum Gasteiger partial charge on any atom is 0.0722 e. The van der Waals surface area contributed by atoms with Crippen LogP contribution < -0.4 is 5.11 Å². The second kappa shape index (κ2) is 4.38. The molecule has 2 aromatic rings. The first-order valence-corrected chi connectivity index (χ1v) is 5.69. The van der Waals surface area contributed by atoms with Gasteiger partial charge >= 0.3 is 0 Å². The lowest BCUT2D eigenvalue weighted by Crippen LogP contribution is -2.25. The van der Waals surface area contributed by atoms with E-state index in [9.17, 15) is 15.0 Å². The number of carboxylic acids is 1. The summed E-state index contributed by atoms with van der Waals surface area (Å²) in [5.41, 5.74) is 0.317. The van der Waals surface area contributed by atoms with Crippen LogP contribution in [0.3, 0.4) is 0 Å². The fraction of sp³-hybridized carbons (Fsp3) is 0.286. The van der Waals surface area contributed by atoms with Crippen LogP contribution in [0.15, 0.2) is 30.3 Å². The van der Waals surface area contributed by atoms with Crippen molar-refractivity contribution >= 4 is 16.9 Å². The maximum absolute atomic E-state index is 11.1. The Bertz CT molecular complexity index is 600. The molecule has 0 radical (unpaired) electrons. The third-order valence-corrected chi connectivity index (χ3v) is 2.60. The number of nitrogens with zero attached hydrogens (tertiary/aromatic N) is 1. The normalized spacial score (nSPS) is 11.7. The van der Waals surface area contributed by atoms with Gasteiger partial charge in [-0.1, -0.05) is 18.2 Å². The molecule has 1 heterocycles. The van der Waals surface area contributed by atoms with Crippen molar-refractivity contribution in [1.29, 1.82) is 0 Å². The molecule has 4 heteroatoms. The smallest absolute Gasteiger partial charge is 0.0722 e. The molecule has 4 nitrogen and oxygen atoms in total. The molecule has 2 rings (SSSR count). The molecule has 0 unspecified atom stereocenters. The van der Waals surface area contributed by atoms with Crippen LogP contribution >= 0.6 is 0 Å². The summed E-state index contributed by atoms with van der Waals surface area (Å²) in [6, 6.07) is 8.46. The zero-order valence-electron chi connectivity index (χ0n) is 10.3. The largest absolute Gasteiger partial charge is 0.545 e. The third kappa shape index (κ3) is 2.65. The molecule has 0 atom stereocenters. The van der Waals surface area contributed by atoms with Crippen molar-refractivity contribution in [3.8, 4) is 0 Å². The van der Waals surface area contributed by atoms with Gasteiger partial charge in [0.1, 0.15) is 0 Å². The average Bonchev–Trinajstić information content (AvgIpc) is 2.25. The van der Waals surface area contributed by atoms with Gasteiger partial charge in [-0.15, -0.1) is 0 Å². The Morgan fingerprint density at radius 2 is 2.06 bits per heavy atom. The van der Waals surface area contributed by atoms with E-state index in [1.165, 1.54) is 6.07 Å². The maximum atomic E-state index is 11.1. The number of aliphatic hydroxyl groups is 1. The highest BCUT2D eigenvalue weighted by molar-refractivity contribution is 6.01. The second-order valence-corrected chi connectivity index (χ2v) is 4.95. The number of pyridine rings is 1. The van der Waals surface area contributed by atoms with Crippen LogP contribution in [0.2, 0.25) is 0 Å². The molecule has 0 aliphatic heterocycles. The number of carboxylic acid groups (broad SMARTS) is 1. The van der Waals surface area contributed by atoms with Gasteiger partial charge in [-0.2, -0.15) is 0 Å². The zero-order chi connectivity index (χ0) is 13.3. The Morgan fingerprint density at radius 1 is 1.39 bits per heavy atom. The van der Waals surface area contributed by atoms with E-state index in [2.05, 4.69) is 4.98 Å². The highest BCUT2D eigenvalue weighted by Gasteiger charge is 2.16. The number of aromatic carboxylic acids is 1. The van der Waals surface area contributed by atoms with Crippen LogP contribution in [0.4, 0.5) is 0 Å². The first-order chi connectivity index (χ1) is 8.37. The number of carbonyl (C=O) groups is 1. The Morgan fingerprint density at radius 3 is 2.67 bits per heavy atom. The quantitative estimate of drug-likeness (QED) is 0.871. The lowest BCUT2D eigenvalue weighted by Gasteiger charge is -2.18. The Labute approximate surface area is 105 Å². The van der Waals surface area contributed by atoms with Crippen LogP contribution in [-0.4, -0.2) is 21.7 Å². The minimum atomic E-state index is -1.23. The molecule has 0 aliphatic carbocycles. The fourth-order valence-electron chi connectivity index (χ4n) is 1.93. The van der Waals surface area contributed by atoms with E-state index >= 15 is 0 Å². The minimum Gasteiger partial charge on any atom is -0.545 e. The van der Waals surface area contributed by atoms with Crippen molar-refractivity contribution in [3.63, 3.8) is 0 Å². The van der Waals surface area contributed by atoms with Gasteiger partial charge in [0.05, 0.1) is 17.1 Å². The molecule has 0 spiro atoms. The van der Waals surface area contributed by atoms with Crippen molar-refractivity contribution in [1.82, 2.24) is 4.98 Å². The van der Waals surface area contributed by atoms with Gasteiger partial charge in [-0.25, -0.2) is 0 Å². The van der Waals surface area contributed by atoms with Crippen LogP contribution in [-0.2, 0) is 6.42 Å². The number of carbonyl (C=O) groups excluding carboxylic acids is 1. The lowest BCUT2D eigenvalue weighted by atomic mass is 10.00. The topological polar surface area (TPSA) is 73.2 Å². The molecular weight excluding hydrogens is 230 g/mol. The number of fused-ring (bicyclic) bond motifs is 1. The Hall–Kier alpha value is -1.94. The zero-order valence-corrected chi connectivity index (χ0v) is 10.3. The van der Waals surface area contributed by atoms with E-state index in [0.29, 0.717) is 16.6 Å². The molecule has 0 fully saturated rings. The summed E-state index contributed by atoms with van der Waals surface area (Å²) in [6.07, 6.45) is 0.290. The predicted octanol–water partition coefficient (Wildman–Crippen LogP) is 0.912. The number of benzene rings is 1. The highest BCUT2D eigenvalue weighted by atomic mass is 16.4. The number of hydrogen-bond donors (Lipinski definition) is 1. The molecule has 0 aliphatic rings. The number of para-hydroxylation sites is 1. The summed E-state index contributed by atoms with van der Waals surface area (Å²) in [5, 5.41) is 21.5. The second-order valence-electron chi connectivity index (χ2n) is 4.95. The molecule has 0 bridgehead atoms. The molecule has 1 N–H and O–H groups in total. The summed E-state index contributed by atoms with van der Waals surface area (Å²) < 4.78 is 0. The Kier molecular flexibility index (Phi) is 3.05. The molecular formula is C14H14NO3-. The van der Waals surface area contributed by atoms with Gasteiger partial charge in [0.25, 0.3) is 0 Å². The van der Waals surface area contributed by atoms with Gasteiger partial charge in [-0.3, -0.25) is 4.98 Å². The first kappa shape index (κ1) is 12.5. The number of hydrogen-bond acceptors (Lipinski definition) is 4. The van der Waals surface area contributed by atoms with Gasteiger partial charge in [0, 0.05) is 23.1 Å². The van der Waals surface area contributed by atoms with Gasteiger partial charge in [0.2, 0.25) is 0 Å². The highest BCUT2D eigenvalue weighted by Crippen LogP contribution is 2.20. The standard InChI is InChI=1S/C14H15NO3/c1-14(2,18)8-9-7-11(13(16)17)10-5-3-4-6-12(10)15-9/h3-7,18H,8H2,1-2H3,(H,16,17)/p-1. The minimum absolute atomic E-state index is 0.111. The van der Waals surface area contributed by atoms with Crippen LogP contribution in [0.1, 0.15) is 29.9 Å². The van der Waals surface area contributed by atoms with E-state index in [-0.39, 0.29) is 12.0 Å². The third-order valence-electron chi connectivity index (χ3n) is 2.60. The summed E-state index contributed by atoms with van der Waals surface area (Å²) >= 11 is 0. The molecule has 18 heavy (non-hydrogen) atoms. The molecule has 0 amide bonds. The Balaban J connectivity index is 2.61. The predicted molar refractivity (Wildman–Crippen MR) is 66.1 cm³/mol. The van der Waals surface area contributed by atoms with Crippen LogP contribution in [0, 0.1) is 0 Å². The molecule has 0 saturated carbocycles. The van der Waals surface area contributed by atoms with E-state index in [1.807, 2.05) is 0 Å². The van der Waals surface area contributed by atoms with Gasteiger partial charge in [-0.05, 0) is 26.0 Å². The van der Waals surface area contributed by atoms with E-state index in [1.54, 1.807) is 38.1 Å². The monoisotopic (exact) mass is 244 g/mol. The molecule has 94 valence electrons. The molecule has 0 saturated heterocycles. The van der Waals surface area contributed by atoms with Crippen molar-refractivity contribution < 1.29 is 15.0 Å². The van der Waals surface area contributed by atoms with Crippen LogP contribution in [0.5, 0.6) is 0 Å². The summed E-state index contributed by atoms with van der Waals surface area (Å²) in [7, 11) is 0. The molecule has 1 aromatic carbocycles. The van der Waals surface area contributed by atoms with Crippen molar-refractivity contribution in [2.45, 2.75) is 25.9 Å². The first-order valence-electron chi connectivity index (χ1n) is 5.69. The van der Waals surface area contributed by atoms with E-state index < -0.39 is 11.6 Å². The van der Waals surface area contributed by atoms with E-state index in [0.717, 1.165) is 0 Å². The van der Waals surface area contributed by atoms with Crippen molar-refractivity contribution in [2.24, 2.45) is 0 Å². The summed E-state index contributed by atoms with van der Waals surface area (Å²) in [5.74, 6) is -1.23. The van der Waals surface area contributed by atoms with Crippen molar-refractivity contribution in [3.05, 3.63) is 41.6 Å². The SMILES string of the molecule is CC(C)(O)Cc1cc(C(=O)[O-])c2ccccc2n1. The number of rotatable bonds is 3. The summed E-state index contributed by atoms with van der Waals surface area (Å²) in [6.45, 7) is 3.31. The number of aromatic nitrogens is 1. The van der Waals surface area contributed by atoms with E-state index in [4.69, 9.17) is 0 Å². The van der Waals surface area contributed by atoms with Crippen LogP contribution in [0.25, 0.3) is 10.9 Å². The fourth-order valence-corrected chi connectivity index (χ4v) is 1.93.